The first-order chi connectivity index (χ1) is 8.50. The lowest BCUT2D eigenvalue weighted by atomic mass is 9.84. The summed E-state index contributed by atoms with van der Waals surface area (Å²) in [6, 6.07) is 12.1. The van der Waals surface area contributed by atoms with Gasteiger partial charge < -0.3 is 5.11 Å². The fourth-order valence-corrected chi connectivity index (χ4v) is 2.10. The van der Waals surface area contributed by atoms with Crippen molar-refractivity contribution in [1.29, 1.82) is 0 Å². The highest BCUT2D eigenvalue weighted by molar-refractivity contribution is 5.84. The molecule has 0 amide bonds. The Bertz CT molecular complexity index is 540. The normalized spacial score (nSPS) is 11.9. The molecule has 0 heterocycles. The van der Waals surface area contributed by atoms with Crippen LogP contribution in [0.5, 0.6) is 5.75 Å². The third-order valence-electron chi connectivity index (χ3n) is 3.94. The van der Waals surface area contributed by atoms with E-state index < -0.39 is 0 Å². The molecule has 0 bridgehead atoms. The van der Waals surface area contributed by atoms with Gasteiger partial charge in [-0.3, -0.25) is 0 Å². The van der Waals surface area contributed by atoms with Crippen molar-refractivity contribution in [2.24, 2.45) is 5.41 Å². The van der Waals surface area contributed by atoms with E-state index in [2.05, 4.69) is 39.0 Å². The summed E-state index contributed by atoms with van der Waals surface area (Å²) in [7, 11) is 0. The van der Waals surface area contributed by atoms with E-state index >= 15 is 0 Å². The highest BCUT2D eigenvalue weighted by Crippen LogP contribution is 2.28. The molecule has 2 rings (SSSR count). The third kappa shape index (κ3) is 3.04. The average Bonchev–Trinajstić information content (AvgIpc) is 2.36. The molecule has 2 aromatic carbocycles. The molecule has 0 aliphatic heterocycles. The maximum atomic E-state index is 9.44. The van der Waals surface area contributed by atoms with Gasteiger partial charge in [-0.05, 0) is 46.7 Å². The number of fused-ring (bicyclic) bond motifs is 1. The molecule has 0 saturated heterocycles. The SMILES string of the molecule is CCC(C)(C)CCc1ccc2cc(O)ccc2c1. The highest BCUT2D eigenvalue weighted by Gasteiger charge is 2.14. The second-order valence-electron chi connectivity index (χ2n) is 5.88. The Morgan fingerprint density at radius 2 is 1.67 bits per heavy atom. The van der Waals surface area contributed by atoms with Gasteiger partial charge in [-0.25, -0.2) is 0 Å². The van der Waals surface area contributed by atoms with Gasteiger partial charge in [0, 0.05) is 0 Å². The quantitative estimate of drug-likeness (QED) is 0.807. The first-order valence-corrected chi connectivity index (χ1v) is 6.72. The van der Waals surface area contributed by atoms with E-state index in [1.807, 2.05) is 12.1 Å². The number of hydrogen-bond acceptors (Lipinski definition) is 1. The largest absolute Gasteiger partial charge is 0.508 e. The van der Waals surface area contributed by atoms with Crippen molar-refractivity contribution in [2.75, 3.05) is 0 Å². The molecule has 96 valence electrons. The van der Waals surface area contributed by atoms with Crippen LogP contribution in [0.25, 0.3) is 10.8 Å². The first kappa shape index (κ1) is 12.9. The lowest BCUT2D eigenvalue weighted by molar-refractivity contribution is 0.322. The zero-order chi connectivity index (χ0) is 13.2. The molecule has 2 aromatic rings. The predicted molar refractivity (Wildman–Crippen MR) is 78.0 cm³/mol. The van der Waals surface area contributed by atoms with E-state index in [1.54, 1.807) is 6.07 Å². The molecule has 0 aliphatic rings. The Labute approximate surface area is 109 Å². The van der Waals surface area contributed by atoms with Crippen molar-refractivity contribution >= 4 is 10.8 Å². The molecule has 1 nitrogen and oxygen atoms in total. The summed E-state index contributed by atoms with van der Waals surface area (Å²) >= 11 is 0. The Balaban J connectivity index is 2.18. The van der Waals surface area contributed by atoms with E-state index in [-0.39, 0.29) is 0 Å². The lowest BCUT2D eigenvalue weighted by Gasteiger charge is -2.22. The standard InChI is InChI=1S/C17H22O/c1-4-17(2,3)10-9-13-5-6-15-12-16(18)8-7-14(15)11-13/h5-8,11-12,18H,4,9-10H2,1-3H3. The van der Waals surface area contributed by atoms with Crippen LogP contribution in [0.15, 0.2) is 36.4 Å². The molecule has 0 aliphatic carbocycles. The molecule has 18 heavy (non-hydrogen) atoms. The zero-order valence-corrected chi connectivity index (χ0v) is 11.5. The van der Waals surface area contributed by atoms with Crippen molar-refractivity contribution in [3.05, 3.63) is 42.0 Å². The summed E-state index contributed by atoms with van der Waals surface area (Å²) in [5, 5.41) is 11.8. The fraction of sp³-hybridized carbons (Fsp3) is 0.412. The molecule has 0 unspecified atom stereocenters. The van der Waals surface area contributed by atoms with Gasteiger partial charge in [0.25, 0.3) is 0 Å². The Hall–Kier alpha value is -1.50. The van der Waals surface area contributed by atoms with Crippen LogP contribution >= 0.6 is 0 Å². The van der Waals surface area contributed by atoms with Crippen LogP contribution in [0.4, 0.5) is 0 Å². The molecular formula is C17H22O. The molecule has 0 spiro atoms. The lowest BCUT2D eigenvalue weighted by Crippen LogP contribution is -2.10. The minimum absolute atomic E-state index is 0.336. The number of rotatable bonds is 4. The van der Waals surface area contributed by atoms with Crippen LogP contribution in [0.2, 0.25) is 0 Å². The molecule has 0 fully saturated rings. The number of hydrogen-bond donors (Lipinski definition) is 1. The summed E-state index contributed by atoms with van der Waals surface area (Å²) < 4.78 is 0. The summed E-state index contributed by atoms with van der Waals surface area (Å²) in [5.74, 6) is 0.336. The van der Waals surface area contributed by atoms with E-state index in [0.717, 1.165) is 11.8 Å². The second kappa shape index (κ2) is 5.01. The Morgan fingerprint density at radius 1 is 1.00 bits per heavy atom. The Kier molecular flexibility index (Phi) is 3.60. The highest BCUT2D eigenvalue weighted by atomic mass is 16.3. The van der Waals surface area contributed by atoms with Crippen molar-refractivity contribution < 1.29 is 5.11 Å². The van der Waals surface area contributed by atoms with Crippen molar-refractivity contribution in [3.63, 3.8) is 0 Å². The van der Waals surface area contributed by atoms with E-state index in [4.69, 9.17) is 0 Å². The van der Waals surface area contributed by atoms with Gasteiger partial charge in [0.15, 0.2) is 0 Å². The van der Waals surface area contributed by atoms with Crippen LogP contribution in [0.3, 0.4) is 0 Å². The van der Waals surface area contributed by atoms with Crippen molar-refractivity contribution in [1.82, 2.24) is 0 Å². The number of phenols is 1. The van der Waals surface area contributed by atoms with Gasteiger partial charge in [0.1, 0.15) is 5.75 Å². The van der Waals surface area contributed by atoms with Crippen LogP contribution < -0.4 is 0 Å². The van der Waals surface area contributed by atoms with Crippen molar-refractivity contribution in [2.45, 2.75) is 40.0 Å². The molecule has 0 saturated carbocycles. The molecule has 1 N–H and O–H groups in total. The van der Waals surface area contributed by atoms with Gasteiger partial charge in [-0.15, -0.1) is 0 Å². The van der Waals surface area contributed by atoms with Crippen LogP contribution in [0, 0.1) is 5.41 Å². The molecule has 0 radical (unpaired) electrons. The van der Waals surface area contributed by atoms with Gasteiger partial charge in [0.05, 0.1) is 0 Å². The monoisotopic (exact) mass is 242 g/mol. The minimum atomic E-state index is 0.336. The number of aryl methyl sites for hydroxylation is 1. The summed E-state index contributed by atoms with van der Waals surface area (Å²) in [4.78, 5) is 0. The minimum Gasteiger partial charge on any atom is -0.508 e. The van der Waals surface area contributed by atoms with E-state index in [0.29, 0.717) is 11.2 Å². The first-order valence-electron chi connectivity index (χ1n) is 6.72. The van der Waals surface area contributed by atoms with E-state index in [1.165, 1.54) is 23.8 Å². The van der Waals surface area contributed by atoms with Crippen LogP contribution in [0.1, 0.15) is 39.2 Å². The summed E-state index contributed by atoms with van der Waals surface area (Å²) in [5.41, 5.74) is 1.80. The van der Waals surface area contributed by atoms with E-state index in [9.17, 15) is 5.11 Å². The average molecular weight is 242 g/mol. The zero-order valence-electron chi connectivity index (χ0n) is 11.5. The van der Waals surface area contributed by atoms with Crippen LogP contribution in [-0.2, 0) is 6.42 Å². The van der Waals surface area contributed by atoms with Gasteiger partial charge in [-0.1, -0.05) is 51.5 Å². The number of benzene rings is 2. The molecular weight excluding hydrogens is 220 g/mol. The maximum absolute atomic E-state index is 9.44. The fourth-order valence-electron chi connectivity index (χ4n) is 2.10. The smallest absolute Gasteiger partial charge is 0.116 e. The summed E-state index contributed by atoms with van der Waals surface area (Å²) in [6.07, 6.45) is 3.55. The van der Waals surface area contributed by atoms with Crippen molar-refractivity contribution in [3.8, 4) is 5.75 Å². The third-order valence-corrected chi connectivity index (χ3v) is 3.94. The number of phenolic OH excluding ortho intramolecular Hbond substituents is 1. The predicted octanol–water partition coefficient (Wildman–Crippen LogP) is 4.91. The molecule has 1 heteroatoms. The number of aromatic hydroxyl groups is 1. The summed E-state index contributed by atoms with van der Waals surface area (Å²) in [6.45, 7) is 6.90. The Morgan fingerprint density at radius 3 is 2.39 bits per heavy atom. The maximum Gasteiger partial charge on any atom is 0.116 e. The molecule has 0 aromatic heterocycles. The topological polar surface area (TPSA) is 20.2 Å². The second-order valence-corrected chi connectivity index (χ2v) is 5.88. The van der Waals surface area contributed by atoms with Gasteiger partial charge >= 0.3 is 0 Å². The van der Waals surface area contributed by atoms with Crippen LogP contribution in [-0.4, -0.2) is 5.11 Å². The van der Waals surface area contributed by atoms with Gasteiger partial charge in [-0.2, -0.15) is 0 Å². The molecule has 0 atom stereocenters. The van der Waals surface area contributed by atoms with Gasteiger partial charge in [0.2, 0.25) is 0 Å².